The number of rotatable bonds is 4. The van der Waals surface area contributed by atoms with Crippen molar-refractivity contribution in [2.24, 2.45) is 5.92 Å². The van der Waals surface area contributed by atoms with Crippen molar-refractivity contribution in [3.8, 4) is 0 Å². The van der Waals surface area contributed by atoms with Gasteiger partial charge in [0.1, 0.15) is 11.7 Å². The summed E-state index contributed by atoms with van der Waals surface area (Å²) in [6.45, 7) is -0.486. The maximum atomic E-state index is 12.9. The monoisotopic (exact) mass is 415 g/mol. The van der Waals surface area contributed by atoms with E-state index in [0.29, 0.717) is 11.8 Å². The van der Waals surface area contributed by atoms with Crippen molar-refractivity contribution in [1.82, 2.24) is 10.2 Å². The number of halogens is 4. The first-order chi connectivity index (χ1) is 13.2. The van der Waals surface area contributed by atoms with Gasteiger partial charge in [-0.3, -0.25) is 14.5 Å². The standard InChI is InChI=1S/C17H13ClF3N3O4/c18-12-4-3-9(17(19,20)21)6-13(12)23-14(25)11-7-22-16(27)24(15(11)26)8-10-2-1-5-28-10/h1-6,11H,7-8H2,(H,22,27)(H,23,25). The van der Waals surface area contributed by atoms with Crippen LogP contribution in [0.5, 0.6) is 0 Å². The predicted octanol–water partition coefficient (Wildman–Crippen LogP) is 3.26. The zero-order valence-electron chi connectivity index (χ0n) is 14.0. The van der Waals surface area contributed by atoms with E-state index in [9.17, 15) is 27.6 Å². The fraction of sp³-hybridized carbons (Fsp3) is 0.235. The first-order valence-electron chi connectivity index (χ1n) is 7.96. The Morgan fingerprint density at radius 1 is 1.32 bits per heavy atom. The Labute approximate surface area is 161 Å². The predicted molar refractivity (Wildman–Crippen MR) is 91.2 cm³/mol. The van der Waals surface area contributed by atoms with Crippen molar-refractivity contribution in [2.75, 3.05) is 11.9 Å². The lowest BCUT2D eigenvalue weighted by molar-refractivity contribution is -0.140. The summed E-state index contributed by atoms with van der Waals surface area (Å²) in [6.07, 6.45) is -3.26. The number of nitrogens with one attached hydrogen (secondary N) is 2. The van der Waals surface area contributed by atoms with E-state index in [1.54, 1.807) is 12.1 Å². The number of urea groups is 1. The molecular formula is C17H13ClF3N3O4. The summed E-state index contributed by atoms with van der Waals surface area (Å²) in [5.74, 6) is -2.71. The van der Waals surface area contributed by atoms with Gasteiger partial charge in [0.15, 0.2) is 0 Å². The molecule has 1 unspecified atom stereocenters. The third-order valence-corrected chi connectivity index (χ3v) is 4.36. The lowest BCUT2D eigenvalue weighted by atomic mass is 10.0. The molecule has 3 rings (SSSR count). The molecule has 1 fully saturated rings. The van der Waals surface area contributed by atoms with Crippen molar-refractivity contribution in [3.05, 3.63) is 52.9 Å². The van der Waals surface area contributed by atoms with E-state index in [1.165, 1.54) is 6.26 Å². The van der Waals surface area contributed by atoms with E-state index in [4.69, 9.17) is 16.0 Å². The molecule has 1 atom stereocenters. The number of imide groups is 1. The maximum Gasteiger partial charge on any atom is 0.416 e. The van der Waals surface area contributed by atoms with Crippen molar-refractivity contribution < 1.29 is 32.0 Å². The fourth-order valence-electron chi connectivity index (χ4n) is 2.59. The summed E-state index contributed by atoms with van der Waals surface area (Å²) < 4.78 is 43.7. The van der Waals surface area contributed by atoms with E-state index in [0.717, 1.165) is 17.0 Å². The van der Waals surface area contributed by atoms with Crippen molar-refractivity contribution >= 4 is 35.1 Å². The Kier molecular flexibility index (Phi) is 5.32. The van der Waals surface area contributed by atoms with E-state index in [1.807, 2.05) is 0 Å². The van der Waals surface area contributed by atoms with Crippen molar-refractivity contribution in [1.29, 1.82) is 0 Å². The molecule has 11 heteroatoms. The number of carbonyl (C=O) groups is 3. The van der Waals surface area contributed by atoms with Gasteiger partial charge in [-0.15, -0.1) is 0 Å². The summed E-state index contributed by atoms with van der Waals surface area (Å²) in [4.78, 5) is 37.8. The second kappa shape index (κ2) is 7.55. The van der Waals surface area contributed by atoms with Crippen LogP contribution in [0.3, 0.4) is 0 Å². The summed E-state index contributed by atoms with van der Waals surface area (Å²) in [6, 6.07) is 4.85. The van der Waals surface area contributed by atoms with Gasteiger partial charge in [-0.25, -0.2) is 4.79 Å². The topological polar surface area (TPSA) is 91.7 Å². The first-order valence-corrected chi connectivity index (χ1v) is 8.34. The SMILES string of the molecule is O=C(Nc1cc(C(F)(F)F)ccc1Cl)C1CNC(=O)N(Cc2ccco2)C1=O. The number of alkyl halides is 3. The van der Waals surface area contributed by atoms with Crippen LogP contribution >= 0.6 is 11.6 Å². The number of anilines is 1. The Balaban J connectivity index is 1.77. The minimum Gasteiger partial charge on any atom is -0.467 e. The third kappa shape index (κ3) is 4.11. The zero-order chi connectivity index (χ0) is 20.5. The van der Waals surface area contributed by atoms with E-state index in [-0.39, 0.29) is 23.8 Å². The molecule has 1 aliphatic rings. The quantitative estimate of drug-likeness (QED) is 0.750. The van der Waals surface area contributed by atoms with Crippen LogP contribution in [-0.2, 0) is 22.3 Å². The highest BCUT2D eigenvalue weighted by molar-refractivity contribution is 6.34. The van der Waals surface area contributed by atoms with Gasteiger partial charge in [0.2, 0.25) is 11.8 Å². The highest BCUT2D eigenvalue weighted by Gasteiger charge is 2.39. The molecule has 7 nitrogen and oxygen atoms in total. The van der Waals surface area contributed by atoms with Crippen LogP contribution in [-0.4, -0.2) is 29.3 Å². The molecule has 0 bridgehead atoms. The third-order valence-electron chi connectivity index (χ3n) is 4.03. The maximum absolute atomic E-state index is 12.9. The van der Waals surface area contributed by atoms with E-state index >= 15 is 0 Å². The molecule has 1 aromatic heterocycles. The molecule has 0 spiro atoms. The molecule has 0 aliphatic carbocycles. The smallest absolute Gasteiger partial charge is 0.416 e. The minimum atomic E-state index is -4.63. The highest BCUT2D eigenvalue weighted by Crippen LogP contribution is 2.34. The fourth-order valence-corrected chi connectivity index (χ4v) is 2.76. The van der Waals surface area contributed by atoms with Crippen LogP contribution in [0, 0.1) is 5.92 Å². The minimum absolute atomic E-state index is 0.124. The number of carbonyl (C=O) groups excluding carboxylic acids is 3. The Bertz CT molecular complexity index is 915. The van der Waals surface area contributed by atoms with Gasteiger partial charge in [0, 0.05) is 6.54 Å². The average Bonchev–Trinajstić information content (AvgIpc) is 3.12. The summed E-state index contributed by atoms with van der Waals surface area (Å²) in [7, 11) is 0. The number of nitrogens with zero attached hydrogens (tertiary/aromatic N) is 1. The molecule has 0 radical (unpaired) electrons. The number of furan rings is 1. The van der Waals surface area contributed by atoms with Gasteiger partial charge in [-0.2, -0.15) is 13.2 Å². The van der Waals surface area contributed by atoms with Crippen LogP contribution in [0.2, 0.25) is 5.02 Å². The molecule has 1 aliphatic heterocycles. The second-order valence-corrected chi connectivity index (χ2v) is 6.33. The van der Waals surface area contributed by atoms with Crippen LogP contribution in [0.4, 0.5) is 23.7 Å². The number of benzene rings is 1. The summed E-state index contributed by atoms with van der Waals surface area (Å²) in [5.41, 5.74) is -1.29. The lowest BCUT2D eigenvalue weighted by Crippen LogP contribution is -2.57. The average molecular weight is 416 g/mol. The van der Waals surface area contributed by atoms with Crippen LogP contribution in [0.15, 0.2) is 41.0 Å². The van der Waals surface area contributed by atoms with Crippen LogP contribution in [0.25, 0.3) is 0 Å². The van der Waals surface area contributed by atoms with Gasteiger partial charge in [-0.1, -0.05) is 11.6 Å². The second-order valence-electron chi connectivity index (χ2n) is 5.92. The number of amides is 4. The normalized spacial score (nSPS) is 17.4. The van der Waals surface area contributed by atoms with Gasteiger partial charge in [-0.05, 0) is 30.3 Å². The molecule has 0 saturated carbocycles. The van der Waals surface area contributed by atoms with Gasteiger partial charge in [0.05, 0.1) is 29.1 Å². The summed E-state index contributed by atoms with van der Waals surface area (Å²) in [5, 5.41) is 4.49. The molecular weight excluding hydrogens is 403 g/mol. The molecule has 2 N–H and O–H groups in total. The molecule has 148 valence electrons. The molecule has 1 saturated heterocycles. The molecule has 2 aromatic rings. The van der Waals surface area contributed by atoms with Gasteiger partial charge in [0.25, 0.3) is 0 Å². The molecule has 4 amide bonds. The van der Waals surface area contributed by atoms with Crippen molar-refractivity contribution in [2.45, 2.75) is 12.7 Å². The van der Waals surface area contributed by atoms with E-state index in [2.05, 4.69) is 10.6 Å². The zero-order valence-corrected chi connectivity index (χ0v) is 14.8. The number of hydrogen-bond acceptors (Lipinski definition) is 4. The van der Waals surface area contributed by atoms with Gasteiger partial charge >= 0.3 is 12.2 Å². The molecule has 1 aromatic carbocycles. The largest absolute Gasteiger partial charge is 0.467 e. The number of hydrogen-bond donors (Lipinski definition) is 2. The van der Waals surface area contributed by atoms with Crippen LogP contribution in [0.1, 0.15) is 11.3 Å². The lowest BCUT2D eigenvalue weighted by Gasteiger charge is -2.30. The Morgan fingerprint density at radius 3 is 2.71 bits per heavy atom. The van der Waals surface area contributed by atoms with Crippen LogP contribution < -0.4 is 10.6 Å². The Hall–Kier alpha value is -3.01. The molecule has 28 heavy (non-hydrogen) atoms. The van der Waals surface area contributed by atoms with Gasteiger partial charge < -0.3 is 15.1 Å². The highest BCUT2D eigenvalue weighted by atomic mass is 35.5. The Morgan fingerprint density at radius 2 is 2.07 bits per heavy atom. The first kappa shape index (κ1) is 19.7. The molecule has 2 heterocycles. The summed E-state index contributed by atoms with van der Waals surface area (Å²) >= 11 is 5.85. The van der Waals surface area contributed by atoms with E-state index < -0.39 is 35.5 Å². The van der Waals surface area contributed by atoms with Crippen molar-refractivity contribution in [3.63, 3.8) is 0 Å².